The van der Waals surface area contributed by atoms with E-state index in [1.807, 2.05) is 13.8 Å². The van der Waals surface area contributed by atoms with Crippen molar-refractivity contribution in [2.24, 2.45) is 0 Å². The summed E-state index contributed by atoms with van der Waals surface area (Å²) >= 11 is 0. The van der Waals surface area contributed by atoms with Crippen molar-refractivity contribution in [3.63, 3.8) is 0 Å². The molecule has 3 fully saturated rings. The van der Waals surface area contributed by atoms with Crippen molar-refractivity contribution >= 4 is 0 Å². The SMILES string of the molecule is CC1(C)O[C@@H]2C(CO)OC3(CC3)[C@@H]2O1. The molecule has 4 heteroatoms. The Balaban J connectivity index is 1.87. The molecule has 3 rings (SSSR count). The van der Waals surface area contributed by atoms with Crippen LogP contribution in [0.4, 0.5) is 0 Å². The van der Waals surface area contributed by atoms with Gasteiger partial charge < -0.3 is 19.3 Å². The van der Waals surface area contributed by atoms with Crippen LogP contribution in [0.1, 0.15) is 26.7 Å². The maximum absolute atomic E-state index is 9.18. The highest BCUT2D eigenvalue weighted by molar-refractivity contribution is 5.14. The Morgan fingerprint density at radius 2 is 1.93 bits per heavy atom. The van der Waals surface area contributed by atoms with Gasteiger partial charge in [0.15, 0.2) is 5.79 Å². The minimum absolute atomic E-state index is 0.0162. The Kier molecular flexibility index (Phi) is 1.62. The van der Waals surface area contributed by atoms with E-state index in [2.05, 4.69) is 0 Å². The number of aliphatic hydroxyl groups excluding tert-OH is 1. The van der Waals surface area contributed by atoms with Gasteiger partial charge in [-0.1, -0.05) is 0 Å². The summed E-state index contributed by atoms with van der Waals surface area (Å²) in [6.07, 6.45) is 1.80. The highest BCUT2D eigenvalue weighted by Crippen LogP contribution is 2.55. The zero-order chi connectivity index (χ0) is 9.97. The first-order valence-electron chi connectivity index (χ1n) is 5.21. The van der Waals surface area contributed by atoms with Crippen LogP contribution in [0, 0.1) is 0 Å². The summed E-state index contributed by atoms with van der Waals surface area (Å²) in [6, 6.07) is 0. The van der Waals surface area contributed by atoms with Crippen molar-refractivity contribution in [2.75, 3.05) is 6.61 Å². The second-order valence-electron chi connectivity index (χ2n) is 4.92. The van der Waals surface area contributed by atoms with Gasteiger partial charge in [-0.25, -0.2) is 0 Å². The molecule has 0 bridgehead atoms. The third-order valence-corrected chi connectivity index (χ3v) is 3.32. The Hall–Kier alpha value is -0.160. The average molecular weight is 200 g/mol. The van der Waals surface area contributed by atoms with Gasteiger partial charge in [-0.3, -0.25) is 0 Å². The van der Waals surface area contributed by atoms with E-state index in [0.29, 0.717) is 0 Å². The molecule has 1 saturated carbocycles. The zero-order valence-electron chi connectivity index (χ0n) is 8.53. The van der Waals surface area contributed by atoms with Crippen LogP contribution in [0.5, 0.6) is 0 Å². The van der Waals surface area contributed by atoms with Crippen LogP contribution in [0.25, 0.3) is 0 Å². The summed E-state index contributed by atoms with van der Waals surface area (Å²) < 4.78 is 17.3. The number of fused-ring (bicyclic) bond motifs is 2. The second kappa shape index (κ2) is 2.50. The smallest absolute Gasteiger partial charge is 0.164 e. The van der Waals surface area contributed by atoms with E-state index in [-0.39, 0.29) is 30.5 Å². The lowest BCUT2D eigenvalue weighted by Crippen LogP contribution is -2.31. The van der Waals surface area contributed by atoms with Crippen LogP contribution in [-0.4, -0.2) is 41.4 Å². The van der Waals surface area contributed by atoms with E-state index in [1.165, 1.54) is 0 Å². The van der Waals surface area contributed by atoms with Gasteiger partial charge in [0.25, 0.3) is 0 Å². The van der Waals surface area contributed by atoms with Crippen molar-refractivity contribution in [1.29, 1.82) is 0 Å². The molecule has 2 aliphatic heterocycles. The zero-order valence-corrected chi connectivity index (χ0v) is 8.53. The summed E-state index contributed by atoms with van der Waals surface area (Å²) in [5, 5.41) is 9.18. The van der Waals surface area contributed by atoms with Crippen molar-refractivity contribution < 1.29 is 19.3 Å². The molecule has 1 aliphatic carbocycles. The molecule has 1 N–H and O–H groups in total. The first-order valence-corrected chi connectivity index (χ1v) is 5.21. The number of rotatable bonds is 1. The van der Waals surface area contributed by atoms with Gasteiger partial charge in [-0.05, 0) is 26.7 Å². The van der Waals surface area contributed by atoms with E-state index >= 15 is 0 Å². The average Bonchev–Trinajstić information content (AvgIpc) is 2.74. The van der Waals surface area contributed by atoms with Gasteiger partial charge in [-0.15, -0.1) is 0 Å². The molecule has 1 unspecified atom stereocenters. The molecule has 0 aromatic carbocycles. The second-order valence-corrected chi connectivity index (χ2v) is 4.92. The van der Waals surface area contributed by atoms with E-state index in [9.17, 15) is 5.11 Å². The number of aliphatic hydroxyl groups is 1. The maximum Gasteiger partial charge on any atom is 0.164 e. The standard InChI is InChI=1S/C10H16O4/c1-9(2)13-7-6(5-11)12-10(3-4-10)8(7)14-9/h6-8,11H,3-5H2,1-2H3/t6?,7-,8-/m1/s1. The lowest BCUT2D eigenvalue weighted by Gasteiger charge is -2.23. The topological polar surface area (TPSA) is 47.9 Å². The molecular formula is C10H16O4. The Morgan fingerprint density at radius 1 is 1.21 bits per heavy atom. The minimum Gasteiger partial charge on any atom is -0.394 e. The summed E-state index contributed by atoms with van der Waals surface area (Å²) in [7, 11) is 0. The fourth-order valence-corrected chi connectivity index (χ4v) is 2.57. The Labute approximate surface area is 83.1 Å². The summed E-state index contributed by atoms with van der Waals surface area (Å²) in [5.41, 5.74) is -0.133. The van der Waals surface area contributed by atoms with Gasteiger partial charge in [-0.2, -0.15) is 0 Å². The van der Waals surface area contributed by atoms with E-state index in [0.717, 1.165) is 12.8 Å². The van der Waals surface area contributed by atoms with Crippen LogP contribution in [0.15, 0.2) is 0 Å². The Morgan fingerprint density at radius 3 is 2.50 bits per heavy atom. The molecule has 0 amide bonds. The van der Waals surface area contributed by atoms with Crippen LogP contribution >= 0.6 is 0 Å². The van der Waals surface area contributed by atoms with Crippen LogP contribution in [0.2, 0.25) is 0 Å². The van der Waals surface area contributed by atoms with Crippen LogP contribution in [0.3, 0.4) is 0 Å². The molecule has 0 radical (unpaired) electrons. The quantitative estimate of drug-likeness (QED) is 0.667. The minimum atomic E-state index is -0.526. The molecule has 3 atom stereocenters. The Bertz CT molecular complexity index is 259. The highest BCUT2D eigenvalue weighted by atomic mass is 16.8. The molecule has 80 valence electrons. The molecule has 3 aliphatic rings. The fraction of sp³-hybridized carbons (Fsp3) is 1.00. The van der Waals surface area contributed by atoms with Crippen molar-refractivity contribution in [1.82, 2.24) is 0 Å². The highest BCUT2D eigenvalue weighted by Gasteiger charge is 2.67. The molecule has 0 aromatic rings. The molecule has 0 aromatic heterocycles. The van der Waals surface area contributed by atoms with Gasteiger partial charge in [0, 0.05) is 0 Å². The third-order valence-electron chi connectivity index (χ3n) is 3.32. The molecule has 2 saturated heterocycles. The molecule has 1 spiro atoms. The largest absolute Gasteiger partial charge is 0.394 e. The maximum atomic E-state index is 9.18. The van der Waals surface area contributed by atoms with Crippen molar-refractivity contribution in [3.8, 4) is 0 Å². The fourth-order valence-electron chi connectivity index (χ4n) is 2.57. The van der Waals surface area contributed by atoms with E-state index in [4.69, 9.17) is 14.2 Å². The van der Waals surface area contributed by atoms with Gasteiger partial charge in [0.05, 0.1) is 12.2 Å². The van der Waals surface area contributed by atoms with Gasteiger partial charge in [0.2, 0.25) is 0 Å². The molecule has 14 heavy (non-hydrogen) atoms. The van der Waals surface area contributed by atoms with E-state index in [1.54, 1.807) is 0 Å². The lowest BCUT2D eigenvalue weighted by atomic mass is 10.1. The van der Waals surface area contributed by atoms with Crippen LogP contribution < -0.4 is 0 Å². The van der Waals surface area contributed by atoms with Gasteiger partial charge >= 0.3 is 0 Å². The predicted molar refractivity (Wildman–Crippen MR) is 47.7 cm³/mol. The van der Waals surface area contributed by atoms with Crippen LogP contribution in [-0.2, 0) is 14.2 Å². The summed E-state index contributed by atoms with van der Waals surface area (Å²) in [6.45, 7) is 3.84. The lowest BCUT2D eigenvalue weighted by molar-refractivity contribution is -0.194. The number of hydrogen-bond acceptors (Lipinski definition) is 4. The summed E-state index contributed by atoms with van der Waals surface area (Å²) in [4.78, 5) is 0. The van der Waals surface area contributed by atoms with E-state index < -0.39 is 5.79 Å². The predicted octanol–water partition coefficient (Wildman–Crippen LogP) is 0.430. The monoisotopic (exact) mass is 200 g/mol. The van der Waals surface area contributed by atoms with Gasteiger partial charge in [0.1, 0.15) is 18.3 Å². The summed E-state index contributed by atoms with van der Waals surface area (Å²) in [5.74, 6) is -0.526. The number of ether oxygens (including phenoxy) is 3. The first kappa shape index (κ1) is 9.09. The first-order chi connectivity index (χ1) is 6.56. The normalized spacial score (nSPS) is 46.9. The number of hydrogen-bond donors (Lipinski definition) is 1. The molecule has 4 nitrogen and oxygen atoms in total. The molecule has 2 heterocycles. The van der Waals surface area contributed by atoms with Crippen molar-refractivity contribution in [2.45, 2.75) is 56.4 Å². The van der Waals surface area contributed by atoms with Crippen molar-refractivity contribution in [3.05, 3.63) is 0 Å². The molecular weight excluding hydrogens is 184 g/mol. The third kappa shape index (κ3) is 1.08.